The summed E-state index contributed by atoms with van der Waals surface area (Å²) in [7, 11) is 0. The van der Waals surface area contributed by atoms with Crippen molar-refractivity contribution >= 4 is 0 Å². The summed E-state index contributed by atoms with van der Waals surface area (Å²) in [5.41, 5.74) is 2.23. The fourth-order valence-electron chi connectivity index (χ4n) is 1.11. The highest BCUT2D eigenvalue weighted by Crippen LogP contribution is 2.06. The maximum Gasteiger partial charge on any atom is 0.0938 e. The number of nitrogens with zero attached hydrogens (tertiary/aromatic N) is 1. The minimum absolute atomic E-state index is 0.845. The van der Waals surface area contributed by atoms with Crippen molar-refractivity contribution in [3.05, 3.63) is 54.2 Å². The Hall–Kier alpha value is -1.57. The largest absolute Gasteiger partial charge is 0.472 e. The highest BCUT2D eigenvalue weighted by Gasteiger charge is 1.96. The summed E-state index contributed by atoms with van der Waals surface area (Å²) in [6, 6.07) is 7.86. The van der Waals surface area contributed by atoms with Crippen LogP contribution < -0.4 is 0 Å². The standard InChI is InChI=1S/C10H9NO/c1-2-5-11-10(3-1)7-9-4-6-12-8-9/h1-6,8H,7H2. The summed E-state index contributed by atoms with van der Waals surface area (Å²) in [5, 5.41) is 0. The lowest BCUT2D eigenvalue weighted by Crippen LogP contribution is -1.88. The Morgan fingerprint density at radius 1 is 1.25 bits per heavy atom. The molecule has 0 saturated heterocycles. The molecule has 0 atom stereocenters. The van der Waals surface area contributed by atoms with Crippen molar-refractivity contribution in [2.75, 3.05) is 0 Å². The fraction of sp³-hybridized carbons (Fsp3) is 0.100. The van der Waals surface area contributed by atoms with Crippen molar-refractivity contribution < 1.29 is 4.42 Å². The molecule has 0 unspecified atom stereocenters. The van der Waals surface area contributed by atoms with Crippen LogP contribution >= 0.6 is 0 Å². The number of furan rings is 1. The first kappa shape index (κ1) is 7.10. The van der Waals surface area contributed by atoms with Crippen molar-refractivity contribution in [3.8, 4) is 0 Å². The van der Waals surface area contributed by atoms with E-state index in [0.29, 0.717) is 0 Å². The zero-order valence-corrected chi connectivity index (χ0v) is 6.60. The molecule has 0 radical (unpaired) electrons. The van der Waals surface area contributed by atoms with Crippen LogP contribution in [0.3, 0.4) is 0 Å². The van der Waals surface area contributed by atoms with Gasteiger partial charge in [0.15, 0.2) is 0 Å². The van der Waals surface area contributed by atoms with E-state index in [1.54, 1.807) is 18.7 Å². The van der Waals surface area contributed by atoms with E-state index in [0.717, 1.165) is 17.7 Å². The summed E-state index contributed by atoms with van der Waals surface area (Å²) in [6.07, 6.45) is 6.07. The molecule has 2 nitrogen and oxygen atoms in total. The Morgan fingerprint density at radius 2 is 2.25 bits per heavy atom. The third kappa shape index (κ3) is 1.53. The molecule has 0 saturated carbocycles. The quantitative estimate of drug-likeness (QED) is 0.671. The summed E-state index contributed by atoms with van der Waals surface area (Å²) in [5.74, 6) is 0. The Labute approximate surface area is 70.9 Å². The van der Waals surface area contributed by atoms with Gasteiger partial charge in [-0.05, 0) is 23.8 Å². The molecule has 0 fully saturated rings. The Morgan fingerprint density at radius 3 is 2.92 bits per heavy atom. The number of aromatic nitrogens is 1. The molecular weight excluding hydrogens is 150 g/mol. The van der Waals surface area contributed by atoms with Crippen LogP contribution in [-0.4, -0.2) is 4.98 Å². The first-order chi connectivity index (χ1) is 5.95. The average molecular weight is 159 g/mol. The summed E-state index contributed by atoms with van der Waals surface area (Å²) in [4.78, 5) is 4.21. The van der Waals surface area contributed by atoms with E-state index in [9.17, 15) is 0 Å². The summed E-state index contributed by atoms with van der Waals surface area (Å²) in [6.45, 7) is 0. The molecule has 0 aliphatic heterocycles. The second kappa shape index (κ2) is 3.22. The topological polar surface area (TPSA) is 26.0 Å². The second-order valence-electron chi connectivity index (χ2n) is 2.63. The number of hydrogen-bond donors (Lipinski definition) is 0. The Kier molecular flexibility index (Phi) is 1.90. The molecule has 60 valence electrons. The molecule has 2 aromatic heterocycles. The molecular formula is C10H9NO. The average Bonchev–Trinajstić information content (AvgIpc) is 2.59. The molecule has 0 N–H and O–H groups in total. The zero-order chi connectivity index (χ0) is 8.23. The van der Waals surface area contributed by atoms with E-state index < -0.39 is 0 Å². The lowest BCUT2D eigenvalue weighted by molar-refractivity contribution is 0.564. The third-order valence-corrected chi connectivity index (χ3v) is 1.69. The van der Waals surface area contributed by atoms with E-state index in [1.165, 1.54) is 0 Å². The molecule has 0 spiro atoms. The van der Waals surface area contributed by atoms with Crippen LogP contribution in [0.4, 0.5) is 0 Å². The normalized spacial score (nSPS) is 10.0. The van der Waals surface area contributed by atoms with E-state index in [-0.39, 0.29) is 0 Å². The Balaban J connectivity index is 2.15. The smallest absolute Gasteiger partial charge is 0.0938 e. The van der Waals surface area contributed by atoms with Crippen molar-refractivity contribution in [1.29, 1.82) is 0 Å². The van der Waals surface area contributed by atoms with Crippen molar-refractivity contribution in [2.24, 2.45) is 0 Å². The molecule has 0 aliphatic carbocycles. The van der Waals surface area contributed by atoms with Gasteiger partial charge in [0, 0.05) is 18.3 Å². The monoisotopic (exact) mass is 159 g/mol. The molecule has 2 heteroatoms. The van der Waals surface area contributed by atoms with Gasteiger partial charge in [-0.1, -0.05) is 6.07 Å². The lowest BCUT2D eigenvalue weighted by Gasteiger charge is -1.94. The predicted octanol–water partition coefficient (Wildman–Crippen LogP) is 2.27. The second-order valence-corrected chi connectivity index (χ2v) is 2.63. The molecule has 0 aliphatic rings. The van der Waals surface area contributed by atoms with Gasteiger partial charge in [-0.3, -0.25) is 4.98 Å². The highest BCUT2D eigenvalue weighted by atomic mass is 16.3. The zero-order valence-electron chi connectivity index (χ0n) is 6.60. The fourth-order valence-corrected chi connectivity index (χ4v) is 1.11. The highest BCUT2D eigenvalue weighted by molar-refractivity contribution is 5.16. The van der Waals surface area contributed by atoms with Gasteiger partial charge in [0.1, 0.15) is 0 Å². The van der Waals surface area contributed by atoms with E-state index >= 15 is 0 Å². The molecule has 0 bridgehead atoms. The van der Waals surface area contributed by atoms with Crippen molar-refractivity contribution in [3.63, 3.8) is 0 Å². The van der Waals surface area contributed by atoms with E-state index in [2.05, 4.69) is 4.98 Å². The molecule has 0 amide bonds. The van der Waals surface area contributed by atoms with Gasteiger partial charge in [-0.15, -0.1) is 0 Å². The van der Waals surface area contributed by atoms with Gasteiger partial charge in [0.25, 0.3) is 0 Å². The first-order valence-corrected chi connectivity index (χ1v) is 3.86. The van der Waals surface area contributed by atoms with Crippen molar-refractivity contribution in [1.82, 2.24) is 4.98 Å². The van der Waals surface area contributed by atoms with Gasteiger partial charge in [0.2, 0.25) is 0 Å². The number of rotatable bonds is 2. The number of hydrogen-bond acceptors (Lipinski definition) is 2. The summed E-state index contributed by atoms with van der Waals surface area (Å²) < 4.78 is 4.96. The van der Waals surface area contributed by atoms with Crippen molar-refractivity contribution in [2.45, 2.75) is 6.42 Å². The van der Waals surface area contributed by atoms with Gasteiger partial charge in [-0.2, -0.15) is 0 Å². The molecule has 12 heavy (non-hydrogen) atoms. The van der Waals surface area contributed by atoms with Gasteiger partial charge >= 0.3 is 0 Å². The van der Waals surface area contributed by atoms with Crippen LogP contribution in [0.15, 0.2) is 47.4 Å². The lowest BCUT2D eigenvalue weighted by atomic mass is 10.2. The molecule has 2 heterocycles. The predicted molar refractivity (Wildman–Crippen MR) is 45.8 cm³/mol. The SMILES string of the molecule is c1ccc(Cc2ccoc2)nc1. The van der Waals surface area contributed by atoms with E-state index in [1.807, 2.05) is 24.3 Å². The van der Waals surface area contributed by atoms with E-state index in [4.69, 9.17) is 4.42 Å². The maximum absolute atomic E-state index is 4.96. The van der Waals surface area contributed by atoms with Gasteiger partial charge < -0.3 is 4.42 Å². The maximum atomic E-state index is 4.96. The van der Waals surface area contributed by atoms with Crippen LogP contribution in [-0.2, 0) is 6.42 Å². The van der Waals surface area contributed by atoms with Crippen LogP contribution in [0.5, 0.6) is 0 Å². The molecule has 2 aromatic rings. The van der Waals surface area contributed by atoms with Crippen LogP contribution in [0, 0.1) is 0 Å². The summed E-state index contributed by atoms with van der Waals surface area (Å²) >= 11 is 0. The van der Waals surface area contributed by atoms with Gasteiger partial charge in [0.05, 0.1) is 12.5 Å². The van der Waals surface area contributed by atoms with Crippen LogP contribution in [0.25, 0.3) is 0 Å². The van der Waals surface area contributed by atoms with Crippen LogP contribution in [0.2, 0.25) is 0 Å². The molecule has 2 rings (SSSR count). The number of pyridine rings is 1. The minimum Gasteiger partial charge on any atom is -0.472 e. The minimum atomic E-state index is 0.845. The third-order valence-electron chi connectivity index (χ3n) is 1.69. The Bertz CT molecular complexity index is 326. The van der Waals surface area contributed by atoms with Crippen LogP contribution in [0.1, 0.15) is 11.3 Å². The first-order valence-electron chi connectivity index (χ1n) is 3.86. The van der Waals surface area contributed by atoms with Gasteiger partial charge in [-0.25, -0.2) is 0 Å². The molecule has 0 aromatic carbocycles.